The smallest absolute Gasteiger partial charge is 0.109 e. The lowest BCUT2D eigenvalue weighted by atomic mass is 9.87. The van der Waals surface area contributed by atoms with Crippen LogP contribution in [-0.4, -0.2) is 11.0 Å². The molecule has 1 heterocycles. The number of thiazole rings is 1. The number of hydrogen-bond acceptors (Lipinski definition) is 3. The van der Waals surface area contributed by atoms with Crippen molar-refractivity contribution in [3.8, 4) is 0 Å². The Labute approximate surface area is 114 Å². The average Bonchev–Trinajstić information content (AvgIpc) is 3.10. The van der Waals surface area contributed by atoms with Crippen molar-refractivity contribution in [3.63, 3.8) is 0 Å². The molecule has 1 saturated carbocycles. The first-order valence-electron chi connectivity index (χ1n) is 7.11. The Morgan fingerprint density at radius 2 is 2.33 bits per heavy atom. The number of rotatable bonds is 5. The minimum atomic E-state index is 0.433. The van der Waals surface area contributed by atoms with Crippen LogP contribution in [0, 0.1) is 17.8 Å². The van der Waals surface area contributed by atoms with E-state index in [0.29, 0.717) is 12.1 Å². The van der Waals surface area contributed by atoms with Gasteiger partial charge < -0.3 is 5.32 Å². The van der Waals surface area contributed by atoms with Crippen LogP contribution in [0.15, 0.2) is 23.7 Å². The molecule has 0 aliphatic heterocycles. The van der Waals surface area contributed by atoms with E-state index in [4.69, 9.17) is 0 Å². The zero-order valence-electron chi connectivity index (χ0n) is 11.2. The molecule has 0 spiro atoms. The van der Waals surface area contributed by atoms with Crippen molar-refractivity contribution in [2.45, 2.75) is 45.2 Å². The first kappa shape index (κ1) is 12.4. The summed E-state index contributed by atoms with van der Waals surface area (Å²) in [4.78, 5) is 4.46. The summed E-state index contributed by atoms with van der Waals surface area (Å²) < 4.78 is 0. The van der Waals surface area contributed by atoms with Crippen molar-refractivity contribution in [2.24, 2.45) is 17.8 Å². The van der Waals surface area contributed by atoms with Crippen molar-refractivity contribution >= 4 is 11.3 Å². The Bertz CT molecular complexity index is 412. The quantitative estimate of drug-likeness (QED) is 0.817. The lowest BCUT2D eigenvalue weighted by Crippen LogP contribution is -2.37. The van der Waals surface area contributed by atoms with Crippen LogP contribution < -0.4 is 5.32 Å². The van der Waals surface area contributed by atoms with Gasteiger partial charge in [0.2, 0.25) is 0 Å². The predicted octanol–water partition coefficient (Wildman–Crippen LogP) is 3.78. The minimum absolute atomic E-state index is 0.433. The normalized spacial score (nSPS) is 32.9. The van der Waals surface area contributed by atoms with Gasteiger partial charge in [-0.2, -0.15) is 0 Å². The maximum atomic E-state index is 4.46. The largest absolute Gasteiger partial charge is 0.305 e. The van der Waals surface area contributed by atoms with Crippen LogP contribution in [0.3, 0.4) is 0 Å². The first-order valence-corrected chi connectivity index (χ1v) is 7.99. The van der Waals surface area contributed by atoms with Gasteiger partial charge in [-0.3, -0.25) is 0 Å². The molecular weight excluding hydrogens is 240 g/mol. The van der Waals surface area contributed by atoms with E-state index < -0.39 is 0 Å². The maximum absolute atomic E-state index is 4.46. The lowest BCUT2D eigenvalue weighted by molar-refractivity contribution is 0.298. The van der Waals surface area contributed by atoms with Crippen LogP contribution in [0.2, 0.25) is 0 Å². The molecule has 18 heavy (non-hydrogen) atoms. The van der Waals surface area contributed by atoms with Crippen LogP contribution in [0.5, 0.6) is 0 Å². The highest BCUT2D eigenvalue weighted by molar-refractivity contribution is 7.09. The van der Waals surface area contributed by atoms with Crippen molar-refractivity contribution in [3.05, 3.63) is 28.7 Å². The number of aromatic nitrogens is 1. The number of fused-ring (bicyclic) bond motifs is 2. The molecule has 5 atom stereocenters. The standard InChI is InChI=1S/C15H22N2S/c1-3-14(15-16-6-7-18-15)17-10(2)13-9-11-4-5-12(13)8-11/h4-7,10-14,17H,3,8-9H2,1-2H3. The molecule has 98 valence electrons. The van der Waals surface area contributed by atoms with Gasteiger partial charge in [0.1, 0.15) is 5.01 Å². The van der Waals surface area contributed by atoms with Gasteiger partial charge in [-0.1, -0.05) is 19.1 Å². The summed E-state index contributed by atoms with van der Waals surface area (Å²) in [5.41, 5.74) is 0. The molecular formula is C15H22N2S. The summed E-state index contributed by atoms with van der Waals surface area (Å²) in [5.74, 6) is 2.52. The van der Waals surface area contributed by atoms with Crippen molar-refractivity contribution in [1.82, 2.24) is 10.3 Å². The topological polar surface area (TPSA) is 24.9 Å². The van der Waals surface area contributed by atoms with Gasteiger partial charge in [0.25, 0.3) is 0 Å². The van der Waals surface area contributed by atoms with Gasteiger partial charge in [0, 0.05) is 17.6 Å². The van der Waals surface area contributed by atoms with Crippen LogP contribution in [0.4, 0.5) is 0 Å². The van der Waals surface area contributed by atoms with E-state index in [-0.39, 0.29) is 0 Å². The fourth-order valence-electron chi connectivity index (χ4n) is 3.61. The van der Waals surface area contributed by atoms with Gasteiger partial charge in [-0.05, 0) is 43.9 Å². The van der Waals surface area contributed by atoms with Gasteiger partial charge >= 0.3 is 0 Å². The highest BCUT2D eigenvalue weighted by Crippen LogP contribution is 2.45. The SMILES string of the molecule is CCC(NC(C)C1CC2C=CC1C2)c1nccs1. The maximum Gasteiger partial charge on any atom is 0.109 e. The third kappa shape index (κ3) is 2.26. The fraction of sp³-hybridized carbons (Fsp3) is 0.667. The van der Waals surface area contributed by atoms with Crippen molar-refractivity contribution in [2.75, 3.05) is 0 Å². The molecule has 2 aliphatic carbocycles. The second-order valence-electron chi connectivity index (χ2n) is 5.73. The van der Waals surface area contributed by atoms with Crippen molar-refractivity contribution in [1.29, 1.82) is 0 Å². The molecule has 1 aromatic heterocycles. The van der Waals surface area contributed by atoms with Crippen LogP contribution >= 0.6 is 11.3 Å². The Morgan fingerprint density at radius 1 is 1.44 bits per heavy atom. The molecule has 3 heteroatoms. The van der Waals surface area contributed by atoms with E-state index in [9.17, 15) is 0 Å². The Hall–Kier alpha value is -0.670. The van der Waals surface area contributed by atoms with E-state index >= 15 is 0 Å². The highest BCUT2D eigenvalue weighted by atomic mass is 32.1. The molecule has 0 radical (unpaired) electrons. The molecule has 2 aliphatic rings. The molecule has 1 fully saturated rings. The first-order chi connectivity index (χ1) is 8.78. The van der Waals surface area contributed by atoms with Crippen LogP contribution in [0.1, 0.15) is 44.2 Å². The molecule has 2 bridgehead atoms. The molecule has 0 amide bonds. The predicted molar refractivity (Wildman–Crippen MR) is 76.6 cm³/mol. The number of nitrogens with one attached hydrogen (secondary N) is 1. The number of allylic oxidation sites excluding steroid dienone is 2. The van der Waals surface area contributed by atoms with E-state index in [2.05, 4.69) is 41.7 Å². The third-order valence-corrected chi connectivity index (χ3v) is 5.48. The van der Waals surface area contributed by atoms with E-state index in [1.165, 1.54) is 17.8 Å². The zero-order valence-corrected chi connectivity index (χ0v) is 12.0. The summed E-state index contributed by atoms with van der Waals surface area (Å²) in [6, 6.07) is 1.03. The molecule has 1 N–H and O–H groups in total. The van der Waals surface area contributed by atoms with Gasteiger partial charge in [0.15, 0.2) is 0 Å². The summed E-state index contributed by atoms with van der Waals surface area (Å²) in [7, 11) is 0. The second-order valence-corrected chi connectivity index (χ2v) is 6.66. The monoisotopic (exact) mass is 262 g/mol. The van der Waals surface area contributed by atoms with Crippen LogP contribution in [-0.2, 0) is 0 Å². The molecule has 2 nitrogen and oxygen atoms in total. The number of nitrogens with zero attached hydrogens (tertiary/aromatic N) is 1. The van der Waals surface area contributed by atoms with Gasteiger partial charge in [-0.25, -0.2) is 4.98 Å². The minimum Gasteiger partial charge on any atom is -0.305 e. The highest BCUT2D eigenvalue weighted by Gasteiger charge is 2.38. The van der Waals surface area contributed by atoms with Gasteiger partial charge in [-0.15, -0.1) is 11.3 Å². The lowest BCUT2D eigenvalue weighted by Gasteiger charge is -2.29. The number of hydrogen-bond donors (Lipinski definition) is 1. The van der Waals surface area contributed by atoms with E-state index in [1.807, 2.05) is 6.20 Å². The van der Waals surface area contributed by atoms with Gasteiger partial charge in [0.05, 0.1) is 6.04 Å². The third-order valence-electron chi connectivity index (χ3n) is 4.59. The molecule has 3 rings (SSSR count). The molecule has 1 aromatic rings. The summed E-state index contributed by atoms with van der Waals surface area (Å²) in [5, 5.41) is 7.12. The molecule has 0 saturated heterocycles. The summed E-state index contributed by atoms with van der Waals surface area (Å²) >= 11 is 1.77. The Morgan fingerprint density at radius 3 is 2.89 bits per heavy atom. The average molecular weight is 262 g/mol. The molecule has 5 unspecified atom stereocenters. The second kappa shape index (κ2) is 5.14. The van der Waals surface area contributed by atoms with E-state index in [0.717, 1.165) is 24.2 Å². The Balaban J connectivity index is 1.63. The summed E-state index contributed by atoms with van der Waals surface area (Å²) in [6.45, 7) is 4.60. The fourth-order valence-corrected chi connectivity index (χ4v) is 4.39. The Kier molecular flexibility index (Phi) is 3.53. The molecule has 0 aromatic carbocycles. The van der Waals surface area contributed by atoms with E-state index in [1.54, 1.807) is 11.3 Å². The zero-order chi connectivity index (χ0) is 12.5. The van der Waals surface area contributed by atoms with Crippen LogP contribution in [0.25, 0.3) is 0 Å². The summed E-state index contributed by atoms with van der Waals surface area (Å²) in [6.07, 6.45) is 10.7. The van der Waals surface area contributed by atoms with Crippen molar-refractivity contribution < 1.29 is 0 Å².